The van der Waals surface area contributed by atoms with E-state index >= 15 is 0 Å². The number of aromatic nitrogens is 2. The Bertz CT molecular complexity index is 1080. The summed E-state index contributed by atoms with van der Waals surface area (Å²) < 4.78 is 50.3. The Hall–Kier alpha value is -3.34. The Balaban J connectivity index is 1.88. The molecule has 11 heteroatoms. The first-order chi connectivity index (χ1) is 14.7. The molecular weight excluding hydrogens is 435 g/mol. The quantitative estimate of drug-likeness (QED) is 0.526. The number of aryl methyl sites for hydroxylation is 1. The number of esters is 1. The highest BCUT2D eigenvalue weighted by molar-refractivity contribution is 7.15. The average Bonchev–Trinajstić information content (AvgIpc) is 3.30. The van der Waals surface area contributed by atoms with Gasteiger partial charge in [-0.3, -0.25) is 10.00 Å². The molecule has 7 nitrogen and oxygen atoms in total. The highest BCUT2D eigenvalue weighted by Gasteiger charge is 2.35. The van der Waals surface area contributed by atoms with E-state index in [1.54, 1.807) is 31.2 Å². The van der Waals surface area contributed by atoms with E-state index in [0.717, 1.165) is 27.6 Å². The Kier molecular flexibility index (Phi) is 6.64. The van der Waals surface area contributed by atoms with Crippen LogP contribution in [0.3, 0.4) is 0 Å². The van der Waals surface area contributed by atoms with Crippen molar-refractivity contribution >= 4 is 28.4 Å². The Morgan fingerprint density at radius 1 is 1.19 bits per heavy atom. The molecule has 0 saturated carbocycles. The lowest BCUT2D eigenvalue weighted by atomic mass is 10.1. The second-order valence-corrected chi connectivity index (χ2v) is 7.18. The molecule has 3 rings (SSSR count). The molecule has 0 radical (unpaired) electrons. The summed E-state index contributed by atoms with van der Waals surface area (Å²) in [5.74, 6) is -0.785. The first-order valence-electron chi connectivity index (χ1n) is 9.08. The van der Waals surface area contributed by atoms with Crippen molar-refractivity contribution in [2.45, 2.75) is 19.7 Å². The fraction of sp³-hybridized carbons (Fsp3) is 0.250. The van der Waals surface area contributed by atoms with Crippen molar-refractivity contribution in [3.8, 4) is 11.3 Å². The fourth-order valence-electron chi connectivity index (χ4n) is 2.75. The van der Waals surface area contributed by atoms with Crippen molar-refractivity contribution in [1.29, 1.82) is 0 Å². The van der Waals surface area contributed by atoms with E-state index < -0.39 is 23.9 Å². The molecule has 0 fully saturated rings. The van der Waals surface area contributed by atoms with Gasteiger partial charge in [-0.2, -0.15) is 18.3 Å². The average molecular weight is 453 g/mol. The molecule has 164 valence electrons. The van der Waals surface area contributed by atoms with Gasteiger partial charge >= 0.3 is 18.2 Å². The van der Waals surface area contributed by atoms with Crippen LogP contribution in [0, 0.1) is 0 Å². The van der Waals surface area contributed by atoms with Gasteiger partial charge in [0.05, 0.1) is 12.3 Å². The van der Waals surface area contributed by atoms with Crippen molar-refractivity contribution in [2.24, 2.45) is 7.05 Å². The highest BCUT2D eigenvalue weighted by Crippen LogP contribution is 2.38. The molecule has 1 aromatic carbocycles. The summed E-state index contributed by atoms with van der Waals surface area (Å²) in [4.78, 5) is 24.8. The van der Waals surface area contributed by atoms with E-state index in [0.29, 0.717) is 0 Å². The summed E-state index contributed by atoms with van der Waals surface area (Å²) in [6.45, 7) is 1.65. The lowest BCUT2D eigenvalue weighted by Crippen LogP contribution is -2.16. The molecule has 1 amide bonds. The Morgan fingerprint density at radius 2 is 1.90 bits per heavy atom. The maximum atomic E-state index is 13.0. The molecule has 0 aliphatic rings. The maximum Gasteiger partial charge on any atom is 0.435 e. The number of benzene rings is 1. The number of nitrogens with one attached hydrogen (secondary N) is 1. The second-order valence-electron chi connectivity index (χ2n) is 6.30. The van der Waals surface area contributed by atoms with Gasteiger partial charge in [-0.15, -0.1) is 11.3 Å². The second kappa shape index (κ2) is 9.21. The van der Waals surface area contributed by atoms with Crippen LogP contribution in [0.25, 0.3) is 11.3 Å². The third-order valence-corrected chi connectivity index (χ3v) is 5.04. The van der Waals surface area contributed by atoms with Crippen molar-refractivity contribution < 1.29 is 32.2 Å². The van der Waals surface area contributed by atoms with Crippen LogP contribution in [0.2, 0.25) is 0 Å². The summed E-state index contributed by atoms with van der Waals surface area (Å²) in [5.41, 5.74) is -0.183. The van der Waals surface area contributed by atoms with Gasteiger partial charge < -0.3 is 9.47 Å². The molecule has 31 heavy (non-hydrogen) atoms. The third-order valence-electron chi connectivity index (χ3n) is 4.15. The monoisotopic (exact) mass is 453 g/mol. The van der Waals surface area contributed by atoms with Crippen LogP contribution >= 0.6 is 11.3 Å². The van der Waals surface area contributed by atoms with E-state index in [1.807, 2.05) is 6.07 Å². The van der Waals surface area contributed by atoms with E-state index in [2.05, 4.69) is 10.4 Å². The van der Waals surface area contributed by atoms with E-state index in [9.17, 15) is 22.8 Å². The summed E-state index contributed by atoms with van der Waals surface area (Å²) in [7, 11) is 1.33. The largest absolute Gasteiger partial charge is 0.462 e. The van der Waals surface area contributed by atoms with Crippen LogP contribution in [-0.4, -0.2) is 28.4 Å². The van der Waals surface area contributed by atoms with E-state index in [4.69, 9.17) is 9.47 Å². The number of alkyl halides is 3. The van der Waals surface area contributed by atoms with Crippen LogP contribution in [0.5, 0.6) is 0 Å². The van der Waals surface area contributed by atoms with Gasteiger partial charge in [0.15, 0.2) is 5.69 Å². The molecule has 1 N–H and O–H groups in total. The molecule has 0 atom stereocenters. The Labute approximate surface area is 179 Å². The smallest absolute Gasteiger partial charge is 0.435 e. The van der Waals surface area contributed by atoms with E-state index in [-0.39, 0.29) is 35.0 Å². The number of ether oxygens (including phenoxy) is 2. The first kappa shape index (κ1) is 22.3. The van der Waals surface area contributed by atoms with Gasteiger partial charge in [0.1, 0.15) is 17.2 Å². The predicted molar refractivity (Wildman–Crippen MR) is 108 cm³/mol. The molecule has 3 aromatic rings. The number of halogens is 3. The van der Waals surface area contributed by atoms with Gasteiger partial charge in [0.2, 0.25) is 0 Å². The maximum absolute atomic E-state index is 13.0. The predicted octanol–water partition coefficient (Wildman–Crippen LogP) is 5.09. The van der Waals surface area contributed by atoms with Crippen LogP contribution < -0.4 is 5.32 Å². The molecule has 0 bridgehead atoms. The molecule has 0 aliphatic carbocycles. The zero-order valence-corrected chi connectivity index (χ0v) is 17.3. The van der Waals surface area contributed by atoms with Crippen LogP contribution in [-0.2, 0) is 29.3 Å². The highest BCUT2D eigenvalue weighted by atomic mass is 32.1. The van der Waals surface area contributed by atoms with Crippen LogP contribution in [0.15, 0.2) is 41.8 Å². The minimum atomic E-state index is -4.64. The number of rotatable bonds is 6. The van der Waals surface area contributed by atoms with Crippen LogP contribution in [0.1, 0.15) is 28.5 Å². The molecule has 2 aromatic heterocycles. The van der Waals surface area contributed by atoms with Gasteiger partial charge in [0.25, 0.3) is 0 Å². The lowest BCUT2D eigenvalue weighted by molar-refractivity contribution is -0.141. The third kappa shape index (κ3) is 5.23. The number of amides is 1. The topological polar surface area (TPSA) is 82.5 Å². The minimum absolute atomic E-state index is 0.0102. The summed E-state index contributed by atoms with van der Waals surface area (Å²) in [5, 5.41) is 7.49. The number of nitrogens with zero attached hydrogens (tertiary/aromatic N) is 2. The van der Waals surface area contributed by atoms with Crippen molar-refractivity contribution in [3.05, 3.63) is 58.6 Å². The van der Waals surface area contributed by atoms with Crippen molar-refractivity contribution in [3.63, 3.8) is 0 Å². The number of thiophene rings is 1. The SMILES string of the molecule is CCOC(=O)c1c(-c2cc(C(F)(F)F)nn2C)csc1NC(=O)OCc1ccccc1. The normalized spacial score (nSPS) is 11.3. The standard InChI is InChI=1S/C20H18F3N3O4S/c1-3-29-18(27)16-13(14-9-15(20(21,22)23)25-26(14)2)11-31-17(16)24-19(28)30-10-12-7-5-4-6-8-12/h4-9,11H,3,10H2,1-2H3,(H,24,28). The summed E-state index contributed by atoms with van der Waals surface area (Å²) >= 11 is 0.966. The van der Waals surface area contributed by atoms with Crippen molar-refractivity contribution in [1.82, 2.24) is 9.78 Å². The van der Waals surface area contributed by atoms with Gasteiger partial charge in [-0.1, -0.05) is 30.3 Å². The molecule has 0 saturated heterocycles. The zero-order valence-electron chi connectivity index (χ0n) is 16.5. The number of hydrogen-bond acceptors (Lipinski definition) is 6. The molecule has 0 spiro atoms. The fourth-order valence-corrected chi connectivity index (χ4v) is 3.68. The number of anilines is 1. The van der Waals surface area contributed by atoms with Crippen LogP contribution in [0.4, 0.5) is 23.0 Å². The summed E-state index contributed by atoms with van der Waals surface area (Å²) in [6, 6.07) is 9.81. The molecule has 2 heterocycles. The number of hydrogen-bond donors (Lipinski definition) is 1. The molecule has 0 aliphatic heterocycles. The number of carbonyl (C=O) groups is 2. The number of carbonyl (C=O) groups excluding carboxylic acids is 2. The van der Waals surface area contributed by atoms with Crippen molar-refractivity contribution in [2.75, 3.05) is 11.9 Å². The first-order valence-corrected chi connectivity index (χ1v) is 9.96. The van der Waals surface area contributed by atoms with Gasteiger partial charge in [0, 0.05) is 18.0 Å². The Morgan fingerprint density at radius 3 is 2.52 bits per heavy atom. The zero-order chi connectivity index (χ0) is 22.6. The lowest BCUT2D eigenvalue weighted by Gasteiger charge is -2.09. The summed E-state index contributed by atoms with van der Waals surface area (Å²) in [6.07, 6.45) is -5.46. The molecular formula is C20H18F3N3O4S. The molecule has 0 unspecified atom stereocenters. The minimum Gasteiger partial charge on any atom is -0.462 e. The van der Waals surface area contributed by atoms with Gasteiger partial charge in [-0.25, -0.2) is 9.59 Å². The van der Waals surface area contributed by atoms with E-state index in [1.165, 1.54) is 12.4 Å². The van der Waals surface area contributed by atoms with Gasteiger partial charge in [-0.05, 0) is 18.6 Å².